The molecule has 1 aliphatic rings. The van der Waals surface area contributed by atoms with Gasteiger partial charge in [0.25, 0.3) is 15.9 Å². The number of halogens is 1. The Hall–Kier alpha value is -2.49. The molecule has 28 heavy (non-hydrogen) atoms. The lowest BCUT2D eigenvalue weighted by molar-refractivity contribution is 0.0383. The molecule has 0 radical (unpaired) electrons. The van der Waals surface area contributed by atoms with Gasteiger partial charge in [-0.3, -0.25) is 14.4 Å². The molecule has 2 aromatic rings. The van der Waals surface area contributed by atoms with Crippen LogP contribution in [0.25, 0.3) is 0 Å². The van der Waals surface area contributed by atoms with Crippen molar-refractivity contribution in [3.8, 4) is 0 Å². The maximum atomic E-state index is 13.7. The van der Waals surface area contributed by atoms with Gasteiger partial charge < -0.3 is 10.1 Å². The topological polar surface area (TPSA) is 87.7 Å². The summed E-state index contributed by atoms with van der Waals surface area (Å²) in [5.41, 5.74) is 0.222. The number of nitrogens with zero attached hydrogens (tertiary/aromatic N) is 1. The molecule has 1 heterocycles. The summed E-state index contributed by atoms with van der Waals surface area (Å²) in [4.78, 5) is 14.4. The van der Waals surface area contributed by atoms with Crippen LogP contribution in [-0.4, -0.2) is 58.6 Å². The zero-order valence-electron chi connectivity index (χ0n) is 15.2. The highest BCUT2D eigenvalue weighted by atomic mass is 32.2. The summed E-state index contributed by atoms with van der Waals surface area (Å²) in [6, 6.07) is 11.0. The number of rotatable bonds is 7. The average Bonchev–Trinajstić information content (AvgIpc) is 2.70. The third-order valence-electron chi connectivity index (χ3n) is 4.36. The number of carbonyl (C=O) groups excluding carboxylic acids is 1. The minimum absolute atomic E-state index is 0.0550. The molecule has 0 saturated carbocycles. The van der Waals surface area contributed by atoms with E-state index in [1.54, 1.807) is 0 Å². The summed E-state index contributed by atoms with van der Waals surface area (Å²) >= 11 is 0. The maximum Gasteiger partial charge on any atom is 0.261 e. The highest BCUT2D eigenvalue weighted by Gasteiger charge is 2.17. The summed E-state index contributed by atoms with van der Waals surface area (Å²) in [6.07, 6.45) is 0. The van der Waals surface area contributed by atoms with E-state index in [1.807, 2.05) is 0 Å². The van der Waals surface area contributed by atoms with Crippen LogP contribution in [0.5, 0.6) is 0 Å². The first-order chi connectivity index (χ1) is 13.5. The van der Waals surface area contributed by atoms with Crippen LogP contribution in [0.4, 0.5) is 10.1 Å². The Morgan fingerprint density at radius 2 is 1.75 bits per heavy atom. The van der Waals surface area contributed by atoms with Crippen molar-refractivity contribution in [2.75, 3.05) is 44.1 Å². The molecule has 7 nitrogen and oxygen atoms in total. The number of benzene rings is 2. The standard InChI is InChI=1S/C19H22FN3O4S/c20-17-3-1-2-4-18(17)22-28(25,26)16-7-5-15(6-8-16)19(24)21-9-10-23-11-13-27-14-12-23/h1-8,22H,9-14H2,(H,21,24). The molecule has 0 unspecified atom stereocenters. The average molecular weight is 407 g/mol. The zero-order chi connectivity index (χ0) is 20.0. The quantitative estimate of drug-likeness (QED) is 0.729. The van der Waals surface area contributed by atoms with Crippen molar-refractivity contribution < 1.29 is 22.3 Å². The summed E-state index contributed by atoms with van der Waals surface area (Å²) in [5, 5.41) is 2.82. The van der Waals surface area contributed by atoms with E-state index < -0.39 is 15.8 Å². The smallest absolute Gasteiger partial charge is 0.261 e. The van der Waals surface area contributed by atoms with E-state index in [9.17, 15) is 17.6 Å². The maximum absolute atomic E-state index is 13.7. The van der Waals surface area contributed by atoms with Crippen LogP contribution in [0.15, 0.2) is 53.4 Å². The molecule has 2 N–H and O–H groups in total. The highest BCUT2D eigenvalue weighted by molar-refractivity contribution is 7.92. The van der Waals surface area contributed by atoms with Crippen molar-refractivity contribution in [3.05, 3.63) is 59.9 Å². The first kappa shape index (κ1) is 20.2. The van der Waals surface area contributed by atoms with Gasteiger partial charge in [0, 0.05) is 31.7 Å². The first-order valence-electron chi connectivity index (χ1n) is 8.91. The first-order valence-corrected chi connectivity index (χ1v) is 10.4. The van der Waals surface area contributed by atoms with Gasteiger partial charge in [0.1, 0.15) is 5.82 Å². The number of carbonyl (C=O) groups is 1. The molecule has 0 aliphatic carbocycles. The number of ether oxygens (including phenoxy) is 1. The predicted octanol–water partition coefficient (Wildman–Crippen LogP) is 1.69. The third kappa shape index (κ3) is 5.28. The molecule has 0 aromatic heterocycles. The van der Waals surface area contributed by atoms with Crippen LogP contribution in [0.3, 0.4) is 0 Å². The fourth-order valence-electron chi connectivity index (χ4n) is 2.79. The summed E-state index contributed by atoms with van der Waals surface area (Å²) < 4.78 is 45.9. The molecule has 1 fully saturated rings. The molecule has 3 rings (SSSR count). The minimum Gasteiger partial charge on any atom is -0.379 e. The van der Waals surface area contributed by atoms with Crippen LogP contribution >= 0.6 is 0 Å². The molecule has 1 saturated heterocycles. The van der Waals surface area contributed by atoms with Crippen LogP contribution in [0, 0.1) is 5.82 Å². The molecular formula is C19H22FN3O4S. The van der Waals surface area contributed by atoms with Gasteiger partial charge in [-0.25, -0.2) is 12.8 Å². The zero-order valence-corrected chi connectivity index (χ0v) is 16.0. The minimum atomic E-state index is -3.95. The molecule has 0 spiro atoms. The number of anilines is 1. The van der Waals surface area contributed by atoms with E-state index in [1.165, 1.54) is 48.5 Å². The second kappa shape index (κ2) is 9.13. The van der Waals surface area contributed by atoms with Crippen molar-refractivity contribution in [1.29, 1.82) is 0 Å². The summed E-state index contributed by atoms with van der Waals surface area (Å²) in [7, 11) is -3.95. The van der Waals surface area contributed by atoms with E-state index >= 15 is 0 Å². The van der Waals surface area contributed by atoms with E-state index in [2.05, 4.69) is 14.9 Å². The van der Waals surface area contributed by atoms with E-state index in [0.717, 1.165) is 19.6 Å². The second-order valence-corrected chi connectivity index (χ2v) is 8.00. The largest absolute Gasteiger partial charge is 0.379 e. The van der Waals surface area contributed by atoms with E-state index in [4.69, 9.17) is 4.74 Å². The Kier molecular flexibility index (Phi) is 6.61. The van der Waals surface area contributed by atoms with Crippen molar-refractivity contribution >= 4 is 21.6 Å². The van der Waals surface area contributed by atoms with Gasteiger partial charge in [0.05, 0.1) is 23.8 Å². The summed E-state index contributed by atoms with van der Waals surface area (Å²) in [5.74, 6) is -0.943. The number of para-hydroxylation sites is 1. The normalized spacial score (nSPS) is 15.2. The Morgan fingerprint density at radius 3 is 2.43 bits per heavy atom. The van der Waals surface area contributed by atoms with Gasteiger partial charge in [0.15, 0.2) is 0 Å². The fraction of sp³-hybridized carbons (Fsp3) is 0.316. The van der Waals surface area contributed by atoms with Gasteiger partial charge in [-0.2, -0.15) is 0 Å². The number of sulfonamides is 1. The monoisotopic (exact) mass is 407 g/mol. The number of nitrogens with one attached hydrogen (secondary N) is 2. The Labute approximate surface area is 163 Å². The molecule has 2 aromatic carbocycles. The molecule has 0 bridgehead atoms. The molecular weight excluding hydrogens is 385 g/mol. The molecule has 1 amide bonds. The number of hydrogen-bond donors (Lipinski definition) is 2. The van der Waals surface area contributed by atoms with Gasteiger partial charge in [-0.05, 0) is 36.4 Å². The van der Waals surface area contributed by atoms with Gasteiger partial charge in [0.2, 0.25) is 0 Å². The van der Waals surface area contributed by atoms with Crippen LogP contribution in [-0.2, 0) is 14.8 Å². The fourth-order valence-corrected chi connectivity index (χ4v) is 3.85. The number of hydrogen-bond acceptors (Lipinski definition) is 5. The van der Waals surface area contributed by atoms with Crippen molar-refractivity contribution in [3.63, 3.8) is 0 Å². The summed E-state index contributed by atoms with van der Waals surface area (Å²) in [6.45, 7) is 4.31. The lowest BCUT2D eigenvalue weighted by atomic mass is 10.2. The molecule has 150 valence electrons. The van der Waals surface area contributed by atoms with Crippen LogP contribution in [0.2, 0.25) is 0 Å². The SMILES string of the molecule is O=C(NCCN1CCOCC1)c1ccc(S(=O)(=O)Nc2ccccc2F)cc1. The van der Waals surface area contributed by atoms with Gasteiger partial charge >= 0.3 is 0 Å². The predicted molar refractivity (Wildman–Crippen MR) is 103 cm³/mol. The third-order valence-corrected chi connectivity index (χ3v) is 5.74. The van der Waals surface area contributed by atoms with Gasteiger partial charge in [-0.15, -0.1) is 0 Å². The lowest BCUT2D eigenvalue weighted by Gasteiger charge is -2.26. The van der Waals surface area contributed by atoms with E-state index in [-0.39, 0.29) is 16.5 Å². The van der Waals surface area contributed by atoms with Crippen molar-refractivity contribution in [2.45, 2.75) is 4.90 Å². The van der Waals surface area contributed by atoms with Crippen molar-refractivity contribution in [1.82, 2.24) is 10.2 Å². The van der Waals surface area contributed by atoms with Crippen molar-refractivity contribution in [2.24, 2.45) is 0 Å². The highest BCUT2D eigenvalue weighted by Crippen LogP contribution is 2.19. The molecule has 9 heteroatoms. The Morgan fingerprint density at radius 1 is 1.07 bits per heavy atom. The number of morpholine rings is 1. The lowest BCUT2D eigenvalue weighted by Crippen LogP contribution is -2.41. The molecule has 0 atom stereocenters. The van der Waals surface area contributed by atoms with E-state index in [0.29, 0.717) is 25.3 Å². The molecule has 1 aliphatic heterocycles. The van der Waals surface area contributed by atoms with Gasteiger partial charge in [-0.1, -0.05) is 12.1 Å². The second-order valence-electron chi connectivity index (χ2n) is 6.32. The number of amides is 1. The Bertz CT molecular complexity index is 913. The van der Waals surface area contributed by atoms with Crippen LogP contribution in [0.1, 0.15) is 10.4 Å². The van der Waals surface area contributed by atoms with Crippen LogP contribution < -0.4 is 10.0 Å². The Balaban J connectivity index is 1.57.